The average molecular weight is 238 g/mol. The van der Waals surface area contributed by atoms with Gasteiger partial charge in [-0.1, -0.05) is 12.2 Å². The maximum Gasteiger partial charge on any atom is 0.0687 e. The van der Waals surface area contributed by atoms with Gasteiger partial charge in [-0.2, -0.15) is 0 Å². The third kappa shape index (κ3) is 2.74. The van der Waals surface area contributed by atoms with Crippen LogP contribution in [0.3, 0.4) is 0 Å². The topological polar surface area (TPSA) is 29.5 Å². The molecule has 3 unspecified atom stereocenters. The molecule has 0 radical (unpaired) electrons. The van der Waals surface area contributed by atoms with Crippen LogP contribution in [0, 0.1) is 11.8 Å². The zero-order valence-electron chi connectivity index (χ0n) is 11.6. The predicted molar refractivity (Wildman–Crippen MR) is 69.8 cm³/mol. The molecule has 98 valence electrons. The van der Waals surface area contributed by atoms with Crippen LogP contribution in [0.5, 0.6) is 0 Å². The Morgan fingerprint density at radius 3 is 2.41 bits per heavy atom. The minimum atomic E-state index is -0.225. The zero-order valence-corrected chi connectivity index (χ0v) is 11.6. The van der Waals surface area contributed by atoms with Gasteiger partial charge in [-0.3, -0.25) is 0 Å². The molecule has 0 aromatic rings. The molecule has 0 spiro atoms. The van der Waals surface area contributed by atoms with Gasteiger partial charge in [-0.25, -0.2) is 0 Å². The quantitative estimate of drug-likeness (QED) is 0.748. The molecule has 2 aliphatic rings. The van der Waals surface area contributed by atoms with Crippen molar-refractivity contribution in [3.05, 3.63) is 12.2 Å². The number of allylic oxidation sites excluding steroid dienone is 2. The molecule has 2 nitrogen and oxygen atoms in total. The molecular weight excluding hydrogens is 212 g/mol. The monoisotopic (exact) mass is 238 g/mol. The van der Waals surface area contributed by atoms with Crippen molar-refractivity contribution in [1.82, 2.24) is 0 Å². The van der Waals surface area contributed by atoms with Crippen molar-refractivity contribution in [3.8, 4) is 0 Å². The second-order valence-corrected chi connectivity index (χ2v) is 6.81. The van der Waals surface area contributed by atoms with Gasteiger partial charge >= 0.3 is 0 Å². The van der Waals surface area contributed by atoms with Crippen LogP contribution in [0.2, 0.25) is 0 Å². The number of aliphatic hydroxyl groups excluding tert-OH is 1. The molecular formula is C15H26O2. The first kappa shape index (κ1) is 13.1. The summed E-state index contributed by atoms with van der Waals surface area (Å²) in [6.07, 6.45) is 8.42. The minimum absolute atomic E-state index is 0.0976. The third-order valence-corrected chi connectivity index (χ3v) is 4.35. The molecule has 1 saturated heterocycles. The SMILES string of the molecule is CC1(C)CC(C(O)C2CC=CCC2)C(C)(C)O1. The van der Waals surface area contributed by atoms with Gasteiger partial charge in [0.15, 0.2) is 0 Å². The van der Waals surface area contributed by atoms with Crippen molar-refractivity contribution in [2.45, 2.75) is 70.7 Å². The van der Waals surface area contributed by atoms with E-state index in [2.05, 4.69) is 39.8 Å². The van der Waals surface area contributed by atoms with Crippen LogP contribution in [0.25, 0.3) is 0 Å². The van der Waals surface area contributed by atoms with E-state index in [4.69, 9.17) is 4.74 Å². The normalized spacial score (nSPS) is 37.0. The van der Waals surface area contributed by atoms with Gasteiger partial charge in [0.25, 0.3) is 0 Å². The van der Waals surface area contributed by atoms with Crippen molar-refractivity contribution in [2.24, 2.45) is 11.8 Å². The van der Waals surface area contributed by atoms with Gasteiger partial charge in [-0.15, -0.1) is 0 Å². The van der Waals surface area contributed by atoms with Gasteiger partial charge in [0.1, 0.15) is 0 Å². The number of rotatable bonds is 2. The lowest BCUT2D eigenvalue weighted by Gasteiger charge is -2.35. The summed E-state index contributed by atoms with van der Waals surface area (Å²) >= 11 is 0. The Hall–Kier alpha value is -0.340. The average Bonchev–Trinajstić information content (AvgIpc) is 2.47. The lowest BCUT2D eigenvalue weighted by Crippen LogP contribution is -2.40. The van der Waals surface area contributed by atoms with E-state index in [-0.39, 0.29) is 23.2 Å². The molecule has 17 heavy (non-hydrogen) atoms. The van der Waals surface area contributed by atoms with Crippen molar-refractivity contribution in [1.29, 1.82) is 0 Å². The third-order valence-electron chi connectivity index (χ3n) is 4.35. The molecule has 0 saturated carbocycles. The van der Waals surface area contributed by atoms with E-state index < -0.39 is 0 Å². The van der Waals surface area contributed by atoms with E-state index >= 15 is 0 Å². The fourth-order valence-corrected chi connectivity index (χ4v) is 3.59. The molecule has 1 aliphatic carbocycles. The van der Waals surface area contributed by atoms with Gasteiger partial charge in [0.2, 0.25) is 0 Å². The number of hydrogen-bond acceptors (Lipinski definition) is 2. The summed E-state index contributed by atoms with van der Waals surface area (Å²) in [6, 6.07) is 0. The Balaban J connectivity index is 2.08. The highest BCUT2D eigenvalue weighted by atomic mass is 16.5. The second-order valence-electron chi connectivity index (χ2n) is 6.81. The Morgan fingerprint density at radius 1 is 1.24 bits per heavy atom. The summed E-state index contributed by atoms with van der Waals surface area (Å²) in [5, 5.41) is 10.6. The Bertz CT molecular complexity index is 304. The van der Waals surface area contributed by atoms with Crippen LogP contribution in [-0.4, -0.2) is 22.4 Å². The summed E-state index contributed by atoms with van der Waals surface area (Å²) in [5.41, 5.74) is -0.302. The molecule has 1 aliphatic heterocycles. The molecule has 0 aromatic carbocycles. The van der Waals surface area contributed by atoms with E-state index in [1.807, 2.05) is 0 Å². The van der Waals surface area contributed by atoms with Crippen molar-refractivity contribution < 1.29 is 9.84 Å². The maximum absolute atomic E-state index is 10.6. The first-order valence-corrected chi connectivity index (χ1v) is 6.85. The summed E-state index contributed by atoms with van der Waals surface area (Å²) in [4.78, 5) is 0. The van der Waals surface area contributed by atoms with Crippen molar-refractivity contribution in [2.75, 3.05) is 0 Å². The summed E-state index contributed by atoms with van der Waals surface area (Å²) in [7, 11) is 0. The smallest absolute Gasteiger partial charge is 0.0687 e. The van der Waals surface area contributed by atoms with Crippen LogP contribution in [0.15, 0.2) is 12.2 Å². The molecule has 1 fully saturated rings. The van der Waals surface area contributed by atoms with Crippen LogP contribution < -0.4 is 0 Å². The lowest BCUT2D eigenvalue weighted by atomic mass is 9.75. The Morgan fingerprint density at radius 2 is 1.94 bits per heavy atom. The van der Waals surface area contributed by atoms with Gasteiger partial charge in [0.05, 0.1) is 17.3 Å². The van der Waals surface area contributed by atoms with E-state index in [9.17, 15) is 5.11 Å². The van der Waals surface area contributed by atoms with Gasteiger partial charge in [-0.05, 0) is 59.3 Å². The largest absolute Gasteiger partial charge is 0.392 e. The number of aliphatic hydroxyl groups is 1. The van der Waals surface area contributed by atoms with Gasteiger partial charge < -0.3 is 9.84 Å². The van der Waals surface area contributed by atoms with Crippen molar-refractivity contribution >= 4 is 0 Å². The zero-order chi connectivity index (χ0) is 12.7. The summed E-state index contributed by atoms with van der Waals surface area (Å²) in [5.74, 6) is 0.677. The molecule has 0 amide bonds. The van der Waals surface area contributed by atoms with E-state index in [1.165, 1.54) is 0 Å². The summed E-state index contributed by atoms with van der Waals surface area (Å²) in [6.45, 7) is 8.49. The number of ether oxygens (including phenoxy) is 1. The molecule has 3 atom stereocenters. The van der Waals surface area contributed by atoms with Crippen LogP contribution in [0.4, 0.5) is 0 Å². The number of hydrogen-bond donors (Lipinski definition) is 1. The van der Waals surface area contributed by atoms with Crippen LogP contribution in [-0.2, 0) is 4.74 Å². The first-order chi connectivity index (χ1) is 7.82. The molecule has 2 rings (SSSR count). The fourth-order valence-electron chi connectivity index (χ4n) is 3.59. The molecule has 1 heterocycles. The predicted octanol–water partition coefficient (Wildman–Crippen LogP) is 3.30. The second kappa shape index (κ2) is 4.40. The highest BCUT2D eigenvalue weighted by molar-refractivity contribution is 5.01. The molecule has 0 bridgehead atoms. The highest BCUT2D eigenvalue weighted by Gasteiger charge is 2.50. The van der Waals surface area contributed by atoms with Crippen LogP contribution in [0.1, 0.15) is 53.4 Å². The lowest BCUT2D eigenvalue weighted by molar-refractivity contribution is -0.0940. The molecule has 0 aromatic heterocycles. The van der Waals surface area contributed by atoms with Crippen molar-refractivity contribution in [3.63, 3.8) is 0 Å². The standard InChI is InChI=1S/C15H26O2/c1-14(2)10-12(15(3,4)17-14)13(16)11-8-6-5-7-9-11/h5-6,11-13,16H,7-10H2,1-4H3. The van der Waals surface area contributed by atoms with E-state index in [0.29, 0.717) is 5.92 Å². The first-order valence-electron chi connectivity index (χ1n) is 6.85. The molecule has 2 heteroatoms. The maximum atomic E-state index is 10.6. The van der Waals surface area contributed by atoms with E-state index in [1.54, 1.807) is 0 Å². The van der Waals surface area contributed by atoms with Crippen LogP contribution >= 0.6 is 0 Å². The molecule has 1 N–H and O–H groups in total. The van der Waals surface area contributed by atoms with Gasteiger partial charge in [0, 0.05) is 5.92 Å². The highest BCUT2D eigenvalue weighted by Crippen LogP contribution is 2.46. The fraction of sp³-hybridized carbons (Fsp3) is 0.867. The Kier molecular flexibility index (Phi) is 3.39. The van der Waals surface area contributed by atoms with E-state index in [0.717, 1.165) is 25.7 Å². The Labute approximate surface area is 105 Å². The minimum Gasteiger partial charge on any atom is -0.392 e. The summed E-state index contributed by atoms with van der Waals surface area (Å²) < 4.78 is 6.08.